The third kappa shape index (κ3) is 3.79. The van der Waals surface area contributed by atoms with Crippen molar-refractivity contribution in [2.24, 2.45) is 0 Å². The Bertz CT molecular complexity index is 714. The normalized spacial score (nSPS) is 17.4. The first-order valence-corrected chi connectivity index (χ1v) is 8.00. The van der Waals surface area contributed by atoms with E-state index in [2.05, 4.69) is 0 Å². The number of epoxide rings is 1. The van der Waals surface area contributed by atoms with Gasteiger partial charge in [0.15, 0.2) is 6.10 Å². The van der Waals surface area contributed by atoms with Crippen LogP contribution in [-0.4, -0.2) is 23.5 Å². The summed E-state index contributed by atoms with van der Waals surface area (Å²) in [5.74, 6) is -0.769. The van der Waals surface area contributed by atoms with Gasteiger partial charge in [-0.25, -0.2) is 8.78 Å². The summed E-state index contributed by atoms with van der Waals surface area (Å²) in [6, 6.07) is 12.1. The van der Waals surface area contributed by atoms with Crippen molar-refractivity contribution in [3.8, 4) is 0 Å². The smallest absolute Gasteiger partial charge is 0.254 e. The van der Waals surface area contributed by atoms with Crippen LogP contribution in [-0.2, 0) is 16.1 Å². The molecule has 0 radical (unpaired) electrons. The molecule has 0 aliphatic carbocycles. The largest absolute Gasteiger partial charge is 0.363 e. The molecule has 2 unspecified atom stereocenters. The highest BCUT2D eigenvalue weighted by molar-refractivity contribution is 5.83. The Morgan fingerprint density at radius 2 is 1.92 bits per heavy atom. The molecule has 2 atom stereocenters. The van der Waals surface area contributed by atoms with Crippen LogP contribution in [0.1, 0.15) is 30.5 Å². The molecular weight excluding hydrogens is 312 g/mol. The topological polar surface area (TPSA) is 32.8 Å². The van der Waals surface area contributed by atoms with Gasteiger partial charge in [0.1, 0.15) is 11.6 Å². The zero-order valence-corrected chi connectivity index (χ0v) is 13.4. The fourth-order valence-electron chi connectivity index (χ4n) is 2.87. The van der Waals surface area contributed by atoms with Crippen molar-refractivity contribution in [3.05, 3.63) is 71.3 Å². The lowest BCUT2D eigenvalue weighted by Gasteiger charge is -2.31. The van der Waals surface area contributed by atoms with E-state index < -0.39 is 6.10 Å². The van der Waals surface area contributed by atoms with E-state index in [0.29, 0.717) is 18.6 Å². The lowest BCUT2D eigenvalue weighted by Crippen LogP contribution is -2.37. The molecule has 2 aromatic rings. The van der Waals surface area contributed by atoms with E-state index in [1.54, 1.807) is 29.2 Å². The van der Waals surface area contributed by atoms with Gasteiger partial charge >= 0.3 is 0 Å². The van der Waals surface area contributed by atoms with Crippen molar-refractivity contribution in [1.82, 2.24) is 4.90 Å². The van der Waals surface area contributed by atoms with Gasteiger partial charge in [-0.15, -0.1) is 0 Å². The standard InChI is InChI=1S/C19H19F2NO2/c1-2-17(14-6-8-15(20)9-7-14)22(19(23)18-12-24-18)11-13-4-3-5-16(21)10-13/h3-10,17-18H,2,11-12H2,1H3. The molecular formula is C19H19F2NO2. The highest BCUT2D eigenvalue weighted by Gasteiger charge is 2.37. The van der Waals surface area contributed by atoms with Crippen molar-refractivity contribution >= 4 is 5.91 Å². The summed E-state index contributed by atoms with van der Waals surface area (Å²) >= 11 is 0. The van der Waals surface area contributed by atoms with E-state index in [0.717, 1.165) is 5.56 Å². The molecule has 1 saturated heterocycles. The minimum atomic E-state index is -0.423. The van der Waals surface area contributed by atoms with Gasteiger partial charge in [-0.2, -0.15) is 0 Å². The second-order valence-electron chi connectivity index (χ2n) is 5.89. The number of hydrogen-bond donors (Lipinski definition) is 0. The van der Waals surface area contributed by atoms with Crippen LogP contribution in [0.15, 0.2) is 48.5 Å². The number of hydrogen-bond acceptors (Lipinski definition) is 2. The molecule has 0 spiro atoms. The zero-order chi connectivity index (χ0) is 17.1. The Hall–Kier alpha value is -2.27. The predicted molar refractivity (Wildman–Crippen MR) is 86.1 cm³/mol. The Balaban J connectivity index is 1.90. The van der Waals surface area contributed by atoms with Crippen LogP contribution < -0.4 is 0 Å². The van der Waals surface area contributed by atoms with Gasteiger partial charge in [0.2, 0.25) is 0 Å². The number of carbonyl (C=O) groups is 1. The van der Waals surface area contributed by atoms with Crippen LogP contribution in [0.4, 0.5) is 8.78 Å². The van der Waals surface area contributed by atoms with Crippen LogP contribution in [0.5, 0.6) is 0 Å². The maximum Gasteiger partial charge on any atom is 0.254 e. The highest BCUT2D eigenvalue weighted by Crippen LogP contribution is 2.29. The summed E-state index contributed by atoms with van der Waals surface area (Å²) < 4.78 is 31.8. The van der Waals surface area contributed by atoms with Crippen molar-refractivity contribution < 1.29 is 18.3 Å². The fraction of sp³-hybridized carbons (Fsp3) is 0.316. The van der Waals surface area contributed by atoms with Gasteiger partial charge < -0.3 is 9.64 Å². The first-order chi connectivity index (χ1) is 11.6. The first-order valence-electron chi connectivity index (χ1n) is 8.00. The molecule has 5 heteroatoms. The van der Waals surface area contributed by atoms with Crippen molar-refractivity contribution in [2.45, 2.75) is 32.0 Å². The number of ether oxygens (including phenoxy) is 1. The number of nitrogens with zero attached hydrogens (tertiary/aromatic N) is 1. The Labute approximate surface area is 139 Å². The van der Waals surface area contributed by atoms with Gasteiger partial charge in [-0.1, -0.05) is 31.2 Å². The van der Waals surface area contributed by atoms with Crippen molar-refractivity contribution in [3.63, 3.8) is 0 Å². The second-order valence-corrected chi connectivity index (χ2v) is 5.89. The molecule has 1 aliphatic heterocycles. The fourth-order valence-corrected chi connectivity index (χ4v) is 2.87. The summed E-state index contributed by atoms with van der Waals surface area (Å²) in [6.45, 7) is 2.66. The Morgan fingerprint density at radius 3 is 2.50 bits per heavy atom. The average Bonchev–Trinajstić information content (AvgIpc) is 3.40. The van der Waals surface area contributed by atoms with Crippen LogP contribution in [0, 0.1) is 11.6 Å². The molecule has 3 nitrogen and oxygen atoms in total. The lowest BCUT2D eigenvalue weighted by atomic mass is 10.0. The molecule has 24 heavy (non-hydrogen) atoms. The number of amides is 1. The van der Waals surface area contributed by atoms with Gasteiger partial charge in [0.25, 0.3) is 5.91 Å². The molecule has 2 aromatic carbocycles. The highest BCUT2D eigenvalue weighted by atomic mass is 19.1. The third-order valence-corrected chi connectivity index (χ3v) is 4.15. The summed E-state index contributed by atoms with van der Waals surface area (Å²) in [4.78, 5) is 14.4. The minimum Gasteiger partial charge on any atom is -0.363 e. The SMILES string of the molecule is CCC(c1ccc(F)cc1)N(Cc1cccc(F)c1)C(=O)C1CO1. The lowest BCUT2D eigenvalue weighted by molar-refractivity contribution is -0.135. The number of rotatable bonds is 6. The molecule has 1 amide bonds. The molecule has 0 aromatic heterocycles. The first kappa shape index (κ1) is 16.6. The van der Waals surface area contributed by atoms with Gasteiger partial charge in [0.05, 0.1) is 12.6 Å². The zero-order valence-electron chi connectivity index (χ0n) is 13.4. The number of halogens is 2. The van der Waals surface area contributed by atoms with Crippen LogP contribution in [0.2, 0.25) is 0 Å². The molecule has 0 bridgehead atoms. The van der Waals surface area contributed by atoms with E-state index in [-0.39, 0.29) is 30.1 Å². The quantitative estimate of drug-likeness (QED) is 0.754. The third-order valence-electron chi connectivity index (χ3n) is 4.15. The van der Waals surface area contributed by atoms with E-state index in [9.17, 15) is 13.6 Å². The maximum absolute atomic E-state index is 13.5. The van der Waals surface area contributed by atoms with Crippen LogP contribution >= 0.6 is 0 Å². The van der Waals surface area contributed by atoms with E-state index in [1.807, 2.05) is 6.92 Å². The molecule has 0 saturated carbocycles. The van der Waals surface area contributed by atoms with Gasteiger partial charge in [-0.3, -0.25) is 4.79 Å². The van der Waals surface area contributed by atoms with E-state index in [1.165, 1.54) is 24.3 Å². The van der Waals surface area contributed by atoms with Crippen LogP contribution in [0.3, 0.4) is 0 Å². The Morgan fingerprint density at radius 1 is 1.21 bits per heavy atom. The van der Waals surface area contributed by atoms with Crippen molar-refractivity contribution in [2.75, 3.05) is 6.61 Å². The Kier molecular flexibility index (Phi) is 4.90. The molecule has 1 aliphatic rings. The summed E-state index contributed by atoms with van der Waals surface area (Å²) in [6.07, 6.45) is 0.243. The molecule has 126 valence electrons. The van der Waals surface area contributed by atoms with E-state index in [4.69, 9.17) is 4.74 Å². The van der Waals surface area contributed by atoms with Gasteiger partial charge in [0, 0.05) is 6.54 Å². The number of benzene rings is 2. The van der Waals surface area contributed by atoms with E-state index >= 15 is 0 Å². The number of carbonyl (C=O) groups excluding carboxylic acids is 1. The predicted octanol–water partition coefficient (Wildman–Crippen LogP) is 3.84. The van der Waals surface area contributed by atoms with Gasteiger partial charge in [-0.05, 0) is 41.8 Å². The molecule has 3 rings (SSSR count). The maximum atomic E-state index is 13.5. The summed E-state index contributed by atoms with van der Waals surface area (Å²) in [5.41, 5.74) is 1.56. The minimum absolute atomic E-state index is 0.115. The summed E-state index contributed by atoms with van der Waals surface area (Å²) in [5, 5.41) is 0. The molecule has 1 fully saturated rings. The monoisotopic (exact) mass is 331 g/mol. The molecule has 0 N–H and O–H groups in total. The second kappa shape index (κ2) is 7.09. The van der Waals surface area contributed by atoms with Crippen molar-refractivity contribution in [1.29, 1.82) is 0 Å². The summed E-state index contributed by atoms with van der Waals surface area (Å²) in [7, 11) is 0. The molecule has 1 heterocycles. The van der Waals surface area contributed by atoms with Crippen LogP contribution in [0.25, 0.3) is 0 Å². The average molecular weight is 331 g/mol.